The van der Waals surface area contributed by atoms with Crippen LogP contribution in [0.3, 0.4) is 0 Å². The minimum absolute atomic E-state index is 0.277. The Balaban J connectivity index is 2.60. The summed E-state index contributed by atoms with van der Waals surface area (Å²) in [4.78, 5) is 11.7. The summed E-state index contributed by atoms with van der Waals surface area (Å²) >= 11 is 2.15. The third-order valence-electron chi connectivity index (χ3n) is 2.64. The van der Waals surface area contributed by atoms with Crippen LogP contribution in [0.1, 0.15) is 0 Å². The van der Waals surface area contributed by atoms with Crippen LogP contribution in [0.15, 0.2) is 45.6 Å². The SMILES string of the molecule is O=c1oc2cc(I)ccc2c2ccc(F)cc12. The van der Waals surface area contributed by atoms with E-state index in [1.807, 2.05) is 12.1 Å². The Morgan fingerprint density at radius 2 is 1.76 bits per heavy atom. The molecule has 0 saturated carbocycles. The maximum atomic E-state index is 13.1. The molecule has 0 radical (unpaired) electrons. The molecule has 0 saturated heterocycles. The molecule has 0 aliphatic heterocycles. The smallest absolute Gasteiger partial charge is 0.344 e. The highest BCUT2D eigenvalue weighted by atomic mass is 127. The van der Waals surface area contributed by atoms with Gasteiger partial charge in [-0.05, 0) is 52.9 Å². The van der Waals surface area contributed by atoms with E-state index in [0.717, 1.165) is 8.96 Å². The summed E-state index contributed by atoms with van der Waals surface area (Å²) in [6.45, 7) is 0. The van der Waals surface area contributed by atoms with Crippen molar-refractivity contribution in [1.29, 1.82) is 0 Å². The quantitative estimate of drug-likeness (QED) is 0.355. The lowest BCUT2D eigenvalue weighted by Crippen LogP contribution is -2.00. The molecule has 0 amide bonds. The lowest BCUT2D eigenvalue weighted by atomic mass is 10.1. The van der Waals surface area contributed by atoms with Crippen molar-refractivity contribution in [3.05, 3.63) is 56.2 Å². The van der Waals surface area contributed by atoms with Crippen LogP contribution in [0.5, 0.6) is 0 Å². The molecule has 0 aliphatic carbocycles. The number of halogens is 2. The van der Waals surface area contributed by atoms with Crippen LogP contribution in [-0.4, -0.2) is 0 Å². The van der Waals surface area contributed by atoms with Crippen molar-refractivity contribution in [2.24, 2.45) is 0 Å². The summed E-state index contributed by atoms with van der Waals surface area (Å²) in [7, 11) is 0. The molecule has 0 fully saturated rings. The monoisotopic (exact) mass is 340 g/mol. The topological polar surface area (TPSA) is 30.2 Å². The molecule has 2 nitrogen and oxygen atoms in total. The van der Waals surface area contributed by atoms with Gasteiger partial charge in [0, 0.05) is 14.3 Å². The van der Waals surface area contributed by atoms with Gasteiger partial charge in [0.2, 0.25) is 0 Å². The highest BCUT2D eigenvalue weighted by molar-refractivity contribution is 14.1. The summed E-state index contributed by atoms with van der Waals surface area (Å²) in [5.74, 6) is -0.435. The number of benzene rings is 2. The fourth-order valence-electron chi connectivity index (χ4n) is 1.88. The highest BCUT2D eigenvalue weighted by Crippen LogP contribution is 2.24. The normalized spacial score (nSPS) is 11.2. The van der Waals surface area contributed by atoms with Crippen molar-refractivity contribution >= 4 is 44.3 Å². The van der Waals surface area contributed by atoms with E-state index in [1.165, 1.54) is 12.1 Å². The van der Waals surface area contributed by atoms with E-state index in [1.54, 1.807) is 12.1 Å². The Morgan fingerprint density at radius 1 is 1.00 bits per heavy atom. The molecule has 1 aromatic heterocycles. The second-order valence-electron chi connectivity index (χ2n) is 3.72. The standard InChI is InChI=1S/C13H6FIO2/c14-7-1-3-9-10-4-2-8(15)6-12(10)17-13(16)11(9)5-7/h1-6H. The van der Waals surface area contributed by atoms with Gasteiger partial charge >= 0.3 is 5.63 Å². The van der Waals surface area contributed by atoms with Gasteiger partial charge in [-0.3, -0.25) is 0 Å². The summed E-state index contributed by atoms with van der Waals surface area (Å²) < 4.78 is 19.3. The van der Waals surface area contributed by atoms with E-state index in [0.29, 0.717) is 11.0 Å². The number of fused-ring (bicyclic) bond motifs is 3. The largest absolute Gasteiger partial charge is 0.422 e. The van der Waals surface area contributed by atoms with Crippen molar-refractivity contribution in [1.82, 2.24) is 0 Å². The first-order valence-corrected chi connectivity index (χ1v) is 6.05. The molecule has 0 bridgehead atoms. The maximum Gasteiger partial charge on any atom is 0.344 e. The average molecular weight is 340 g/mol. The van der Waals surface area contributed by atoms with E-state index in [9.17, 15) is 9.18 Å². The van der Waals surface area contributed by atoms with Crippen molar-refractivity contribution in [2.75, 3.05) is 0 Å². The van der Waals surface area contributed by atoms with Crippen LogP contribution >= 0.6 is 22.6 Å². The van der Waals surface area contributed by atoms with Crippen molar-refractivity contribution < 1.29 is 8.81 Å². The van der Waals surface area contributed by atoms with Gasteiger partial charge in [0.1, 0.15) is 11.4 Å². The zero-order valence-electron chi connectivity index (χ0n) is 8.54. The van der Waals surface area contributed by atoms with Crippen molar-refractivity contribution in [2.45, 2.75) is 0 Å². The predicted octanol–water partition coefficient (Wildman–Crippen LogP) is 3.69. The first kappa shape index (κ1) is 10.7. The first-order chi connectivity index (χ1) is 8.15. The summed E-state index contributed by atoms with van der Waals surface area (Å²) in [6, 6.07) is 9.75. The molecule has 2 aromatic carbocycles. The third-order valence-corrected chi connectivity index (χ3v) is 3.31. The lowest BCUT2D eigenvalue weighted by Gasteiger charge is -2.02. The van der Waals surface area contributed by atoms with E-state index in [4.69, 9.17) is 4.42 Å². The maximum absolute atomic E-state index is 13.1. The molecule has 0 atom stereocenters. The fraction of sp³-hybridized carbons (Fsp3) is 0. The van der Waals surface area contributed by atoms with Crippen LogP contribution in [-0.2, 0) is 0 Å². The van der Waals surface area contributed by atoms with Crippen LogP contribution in [0.2, 0.25) is 0 Å². The Kier molecular flexibility index (Phi) is 2.39. The zero-order chi connectivity index (χ0) is 12.0. The lowest BCUT2D eigenvalue weighted by molar-refractivity contribution is 0.568. The average Bonchev–Trinajstić information content (AvgIpc) is 2.29. The van der Waals surface area contributed by atoms with Crippen LogP contribution in [0.25, 0.3) is 21.7 Å². The zero-order valence-corrected chi connectivity index (χ0v) is 10.7. The van der Waals surface area contributed by atoms with E-state index < -0.39 is 11.4 Å². The molecular formula is C13H6FIO2. The Bertz CT molecular complexity index is 792. The molecule has 17 heavy (non-hydrogen) atoms. The van der Waals surface area contributed by atoms with Crippen molar-refractivity contribution in [3.63, 3.8) is 0 Å². The van der Waals surface area contributed by atoms with Crippen LogP contribution in [0.4, 0.5) is 4.39 Å². The van der Waals surface area contributed by atoms with Gasteiger partial charge < -0.3 is 4.42 Å². The van der Waals surface area contributed by atoms with Gasteiger partial charge in [-0.15, -0.1) is 0 Å². The summed E-state index contributed by atoms with van der Waals surface area (Å²) in [5.41, 5.74) is 0.0232. The molecule has 1 heterocycles. The molecule has 0 unspecified atom stereocenters. The number of rotatable bonds is 0. The molecule has 4 heteroatoms. The molecule has 3 rings (SSSR count). The Morgan fingerprint density at radius 3 is 2.59 bits per heavy atom. The van der Waals surface area contributed by atoms with Gasteiger partial charge in [0.15, 0.2) is 0 Å². The third kappa shape index (κ3) is 1.72. The summed E-state index contributed by atoms with van der Waals surface area (Å²) in [6.07, 6.45) is 0. The Labute approximate surface area is 109 Å². The molecular weight excluding hydrogens is 334 g/mol. The molecule has 3 aromatic rings. The number of hydrogen-bond donors (Lipinski definition) is 0. The second kappa shape index (κ2) is 3.80. The van der Waals surface area contributed by atoms with Gasteiger partial charge in [-0.25, -0.2) is 9.18 Å². The fourth-order valence-corrected chi connectivity index (χ4v) is 2.34. The van der Waals surface area contributed by atoms with Crippen LogP contribution < -0.4 is 5.63 Å². The van der Waals surface area contributed by atoms with Gasteiger partial charge in [0.05, 0.1) is 5.39 Å². The van der Waals surface area contributed by atoms with Crippen molar-refractivity contribution in [3.8, 4) is 0 Å². The highest BCUT2D eigenvalue weighted by Gasteiger charge is 2.08. The molecule has 84 valence electrons. The molecule has 0 spiro atoms. The van der Waals surface area contributed by atoms with Gasteiger partial charge in [0.25, 0.3) is 0 Å². The van der Waals surface area contributed by atoms with E-state index in [-0.39, 0.29) is 5.39 Å². The van der Waals surface area contributed by atoms with Gasteiger partial charge in [-0.2, -0.15) is 0 Å². The van der Waals surface area contributed by atoms with Crippen LogP contribution in [0, 0.1) is 9.39 Å². The first-order valence-electron chi connectivity index (χ1n) is 4.97. The minimum atomic E-state index is -0.506. The van der Waals surface area contributed by atoms with E-state index in [2.05, 4.69) is 22.6 Å². The van der Waals surface area contributed by atoms with E-state index >= 15 is 0 Å². The Hall–Kier alpha value is -1.43. The molecule has 0 N–H and O–H groups in total. The summed E-state index contributed by atoms with van der Waals surface area (Å²) in [5, 5.41) is 1.81. The number of hydrogen-bond acceptors (Lipinski definition) is 2. The van der Waals surface area contributed by atoms with Gasteiger partial charge in [-0.1, -0.05) is 6.07 Å². The molecule has 0 aliphatic rings. The predicted molar refractivity (Wildman–Crippen MR) is 72.7 cm³/mol. The minimum Gasteiger partial charge on any atom is -0.422 e. The second-order valence-corrected chi connectivity index (χ2v) is 4.97.